The Kier molecular flexibility index (Phi) is 4.67. The number of carbonyl (C=O) groups is 1. The third kappa shape index (κ3) is 3.39. The average Bonchev–Trinajstić information content (AvgIpc) is 3.40. The first kappa shape index (κ1) is 17.6. The first-order valence-corrected chi connectivity index (χ1v) is 8.69. The second kappa shape index (κ2) is 7.43. The average molecular weight is 378 g/mol. The molecule has 0 unspecified atom stereocenters. The number of amides is 1. The Hall–Kier alpha value is -3.81. The van der Waals surface area contributed by atoms with Crippen molar-refractivity contribution in [2.45, 2.75) is 6.54 Å². The van der Waals surface area contributed by atoms with E-state index in [0.29, 0.717) is 29.9 Å². The Morgan fingerprint density at radius 2 is 2.04 bits per heavy atom. The molecule has 1 amide bonds. The van der Waals surface area contributed by atoms with Crippen molar-refractivity contribution in [3.8, 4) is 17.0 Å². The highest BCUT2D eigenvalue weighted by molar-refractivity contribution is 5.93. The topological polar surface area (TPSA) is 90.8 Å². The number of ether oxygens (including phenoxy) is 1. The van der Waals surface area contributed by atoms with Crippen LogP contribution >= 0.6 is 0 Å². The normalized spacial score (nSPS) is 10.9. The van der Waals surface area contributed by atoms with Crippen molar-refractivity contribution in [2.75, 3.05) is 13.7 Å². The van der Waals surface area contributed by atoms with Crippen molar-refractivity contribution < 1.29 is 13.9 Å². The van der Waals surface area contributed by atoms with Gasteiger partial charge in [-0.3, -0.25) is 9.59 Å². The number of rotatable bonds is 6. The molecule has 0 aliphatic heterocycles. The molecule has 8 nitrogen and oxygen atoms in total. The lowest BCUT2D eigenvalue weighted by molar-refractivity contribution is 0.0951. The number of carbonyl (C=O) groups excluding carboxylic acids is 1. The molecule has 1 N–H and O–H groups in total. The molecule has 0 aliphatic rings. The number of methoxy groups -OCH3 is 1. The number of furan rings is 1. The summed E-state index contributed by atoms with van der Waals surface area (Å²) in [5, 5.41) is 7.22. The number of fused-ring (bicyclic) bond motifs is 1. The molecule has 0 atom stereocenters. The number of hydrogen-bond donors (Lipinski definition) is 1. The van der Waals surface area contributed by atoms with Crippen LogP contribution in [-0.2, 0) is 6.54 Å². The lowest BCUT2D eigenvalue weighted by atomic mass is 10.1. The third-order valence-electron chi connectivity index (χ3n) is 4.41. The van der Waals surface area contributed by atoms with Crippen molar-refractivity contribution in [1.82, 2.24) is 19.5 Å². The number of nitrogens with zero attached hydrogens (tertiary/aromatic N) is 3. The van der Waals surface area contributed by atoms with E-state index >= 15 is 0 Å². The molecule has 28 heavy (non-hydrogen) atoms. The standard InChI is InChI=1S/C20H18N4O4/c1-27-16-4-2-14(3-5-16)17-12-18-20(26)23(9-10-24(18)22-17)8-7-21-19(25)15-6-11-28-13-15/h2-6,9-13H,7-8H2,1H3,(H,21,25). The summed E-state index contributed by atoms with van der Waals surface area (Å²) in [4.78, 5) is 24.7. The van der Waals surface area contributed by atoms with Crippen molar-refractivity contribution >= 4 is 11.4 Å². The van der Waals surface area contributed by atoms with E-state index < -0.39 is 0 Å². The van der Waals surface area contributed by atoms with Gasteiger partial charge in [-0.25, -0.2) is 4.52 Å². The summed E-state index contributed by atoms with van der Waals surface area (Å²) in [6.07, 6.45) is 6.19. The smallest absolute Gasteiger partial charge is 0.276 e. The Morgan fingerprint density at radius 1 is 1.21 bits per heavy atom. The molecule has 0 aliphatic carbocycles. The summed E-state index contributed by atoms with van der Waals surface area (Å²) in [5.41, 5.74) is 2.33. The Bertz CT molecular complexity index is 1160. The fourth-order valence-electron chi connectivity index (χ4n) is 2.89. The lowest BCUT2D eigenvalue weighted by Crippen LogP contribution is -2.30. The number of aromatic nitrogens is 3. The number of benzene rings is 1. The fourth-order valence-corrected chi connectivity index (χ4v) is 2.89. The van der Waals surface area contributed by atoms with Crippen LogP contribution in [0.25, 0.3) is 16.8 Å². The molecule has 142 valence electrons. The fraction of sp³-hybridized carbons (Fsp3) is 0.150. The van der Waals surface area contributed by atoms with Gasteiger partial charge in [0.1, 0.15) is 17.5 Å². The minimum atomic E-state index is -0.242. The van der Waals surface area contributed by atoms with Crippen LogP contribution in [0.4, 0.5) is 0 Å². The monoisotopic (exact) mass is 378 g/mol. The lowest BCUT2D eigenvalue weighted by Gasteiger charge is -2.07. The summed E-state index contributed by atoms with van der Waals surface area (Å²) < 4.78 is 13.2. The quantitative estimate of drug-likeness (QED) is 0.555. The van der Waals surface area contributed by atoms with Crippen molar-refractivity contribution in [3.63, 3.8) is 0 Å². The van der Waals surface area contributed by atoms with Crippen LogP contribution in [0.5, 0.6) is 5.75 Å². The first-order chi connectivity index (χ1) is 13.7. The molecule has 0 spiro atoms. The highest BCUT2D eigenvalue weighted by atomic mass is 16.5. The van der Waals surface area contributed by atoms with E-state index in [-0.39, 0.29) is 11.5 Å². The zero-order valence-corrected chi connectivity index (χ0v) is 15.2. The molecule has 0 fully saturated rings. The predicted molar refractivity (Wildman–Crippen MR) is 102 cm³/mol. The van der Waals surface area contributed by atoms with Gasteiger partial charge in [-0.15, -0.1) is 0 Å². The molecular weight excluding hydrogens is 360 g/mol. The van der Waals surface area contributed by atoms with Crippen LogP contribution < -0.4 is 15.6 Å². The molecule has 1 aromatic carbocycles. The first-order valence-electron chi connectivity index (χ1n) is 8.69. The second-order valence-electron chi connectivity index (χ2n) is 6.15. The molecule has 0 saturated heterocycles. The predicted octanol–water partition coefficient (Wildman–Crippen LogP) is 2.19. The maximum Gasteiger partial charge on any atom is 0.276 e. The molecule has 0 radical (unpaired) electrons. The van der Waals surface area contributed by atoms with E-state index in [9.17, 15) is 9.59 Å². The van der Waals surface area contributed by atoms with Gasteiger partial charge in [0.15, 0.2) is 0 Å². The van der Waals surface area contributed by atoms with Crippen molar-refractivity contribution in [3.05, 3.63) is 77.2 Å². The Labute approximate surface area is 160 Å². The van der Waals surface area contributed by atoms with Gasteiger partial charge in [-0.2, -0.15) is 5.10 Å². The van der Waals surface area contributed by atoms with E-state index in [0.717, 1.165) is 11.3 Å². The van der Waals surface area contributed by atoms with Crippen LogP contribution in [0.15, 0.2) is 70.5 Å². The maximum atomic E-state index is 12.7. The van der Waals surface area contributed by atoms with Crippen LogP contribution in [0.1, 0.15) is 10.4 Å². The Morgan fingerprint density at radius 3 is 2.75 bits per heavy atom. The van der Waals surface area contributed by atoms with Gasteiger partial charge in [-0.1, -0.05) is 0 Å². The van der Waals surface area contributed by atoms with Gasteiger partial charge in [-0.05, 0) is 36.4 Å². The van der Waals surface area contributed by atoms with Crippen LogP contribution in [0.3, 0.4) is 0 Å². The van der Waals surface area contributed by atoms with E-state index in [1.165, 1.54) is 12.5 Å². The molecule has 0 bridgehead atoms. The van der Waals surface area contributed by atoms with Gasteiger partial charge >= 0.3 is 0 Å². The van der Waals surface area contributed by atoms with Crippen molar-refractivity contribution in [2.24, 2.45) is 0 Å². The Balaban J connectivity index is 1.51. The van der Waals surface area contributed by atoms with Crippen LogP contribution in [-0.4, -0.2) is 33.7 Å². The largest absolute Gasteiger partial charge is 0.497 e. The van der Waals surface area contributed by atoms with Gasteiger partial charge in [0.25, 0.3) is 11.5 Å². The summed E-state index contributed by atoms with van der Waals surface area (Å²) in [5.74, 6) is 0.515. The van der Waals surface area contributed by atoms with E-state index in [4.69, 9.17) is 9.15 Å². The SMILES string of the molecule is COc1ccc(-c2cc3c(=O)n(CCNC(=O)c4ccoc4)ccn3n2)cc1. The highest BCUT2D eigenvalue weighted by Gasteiger charge is 2.10. The number of hydrogen-bond acceptors (Lipinski definition) is 5. The molecule has 3 heterocycles. The van der Waals surface area contributed by atoms with Gasteiger partial charge in [0.2, 0.25) is 0 Å². The summed E-state index contributed by atoms with van der Waals surface area (Å²) in [7, 11) is 1.61. The van der Waals surface area contributed by atoms with E-state index in [2.05, 4.69) is 10.4 Å². The summed E-state index contributed by atoms with van der Waals surface area (Å²) >= 11 is 0. The molecule has 0 saturated carbocycles. The van der Waals surface area contributed by atoms with E-state index in [1.807, 2.05) is 24.3 Å². The van der Waals surface area contributed by atoms with Gasteiger partial charge < -0.3 is 19.0 Å². The zero-order valence-electron chi connectivity index (χ0n) is 15.2. The third-order valence-corrected chi connectivity index (χ3v) is 4.41. The molecule has 3 aromatic heterocycles. The van der Waals surface area contributed by atoms with E-state index in [1.54, 1.807) is 40.7 Å². The minimum Gasteiger partial charge on any atom is -0.497 e. The summed E-state index contributed by atoms with van der Waals surface area (Å²) in [6.45, 7) is 0.668. The number of nitrogens with one attached hydrogen (secondary N) is 1. The van der Waals surface area contributed by atoms with Crippen molar-refractivity contribution in [1.29, 1.82) is 0 Å². The molecule has 4 aromatic rings. The zero-order chi connectivity index (χ0) is 19.5. The highest BCUT2D eigenvalue weighted by Crippen LogP contribution is 2.21. The van der Waals surface area contributed by atoms with Crippen LogP contribution in [0, 0.1) is 0 Å². The summed E-state index contributed by atoms with van der Waals surface area (Å²) in [6, 6.07) is 10.8. The molecular formula is C20H18N4O4. The minimum absolute atomic E-state index is 0.174. The van der Waals surface area contributed by atoms with Gasteiger partial charge in [0, 0.05) is 31.0 Å². The maximum absolute atomic E-state index is 12.7. The van der Waals surface area contributed by atoms with Crippen LogP contribution in [0.2, 0.25) is 0 Å². The second-order valence-corrected chi connectivity index (χ2v) is 6.15. The molecule has 4 rings (SSSR count). The van der Waals surface area contributed by atoms with Gasteiger partial charge in [0.05, 0.1) is 24.6 Å². The molecule has 8 heteroatoms.